The zero-order valence-electron chi connectivity index (χ0n) is 15.3. The Morgan fingerprint density at radius 1 is 1.04 bits per heavy atom. The Labute approximate surface area is 155 Å². The van der Waals surface area contributed by atoms with Gasteiger partial charge in [0.25, 0.3) is 0 Å². The van der Waals surface area contributed by atoms with Gasteiger partial charge in [-0.25, -0.2) is 0 Å². The number of carbonyl (C=O) groups is 1. The number of aromatic nitrogens is 2. The number of carbonyl (C=O) groups excluding carboxylic acids is 1. The average molecular weight is 367 g/mol. The van der Waals surface area contributed by atoms with Crippen LogP contribution >= 0.6 is 0 Å². The Balaban J connectivity index is 1.72. The van der Waals surface area contributed by atoms with Gasteiger partial charge in [0.1, 0.15) is 5.75 Å². The first-order valence-corrected chi connectivity index (χ1v) is 8.59. The van der Waals surface area contributed by atoms with Crippen LogP contribution in [0.2, 0.25) is 0 Å². The second kappa shape index (κ2) is 7.90. The van der Waals surface area contributed by atoms with E-state index in [1.54, 1.807) is 38.4 Å². The number of rotatable bonds is 6. The summed E-state index contributed by atoms with van der Waals surface area (Å²) < 4.78 is 7.85. The van der Waals surface area contributed by atoms with Gasteiger partial charge in [-0.15, -0.1) is 0 Å². The Bertz CT molecular complexity index is 1100. The first kappa shape index (κ1) is 18.4. The maximum Gasteiger partial charge on any atom is 0.316 e. The molecule has 3 aromatic rings. The molecule has 0 atom stereocenters. The summed E-state index contributed by atoms with van der Waals surface area (Å²) in [6.07, 6.45) is 0.0983. The van der Waals surface area contributed by atoms with Crippen molar-refractivity contribution < 1.29 is 9.53 Å². The van der Waals surface area contributed by atoms with Crippen LogP contribution in [-0.2, 0) is 24.9 Å². The number of aryl methyl sites for hydroxylation is 2. The van der Waals surface area contributed by atoms with Gasteiger partial charge in [0.05, 0.1) is 18.1 Å². The predicted octanol–water partition coefficient (Wildman–Crippen LogP) is 1.42. The quantitative estimate of drug-likeness (QED) is 0.668. The molecule has 2 aromatic carbocycles. The number of amides is 1. The molecule has 0 unspecified atom stereocenters. The molecule has 1 amide bonds. The molecular weight excluding hydrogens is 346 g/mol. The highest BCUT2D eigenvalue weighted by atomic mass is 16.5. The van der Waals surface area contributed by atoms with E-state index in [-0.39, 0.29) is 18.9 Å². The molecule has 7 heteroatoms. The van der Waals surface area contributed by atoms with E-state index in [9.17, 15) is 14.4 Å². The molecule has 0 aliphatic rings. The summed E-state index contributed by atoms with van der Waals surface area (Å²) in [5.41, 5.74) is 0.963. The second-order valence-corrected chi connectivity index (χ2v) is 6.19. The van der Waals surface area contributed by atoms with Crippen molar-refractivity contribution in [2.24, 2.45) is 7.05 Å². The van der Waals surface area contributed by atoms with Gasteiger partial charge in [-0.3, -0.25) is 14.4 Å². The molecular formula is C20H21N3O4. The lowest BCUT2D eigenvalue weighted by molar-refractivity contribution is -0.121. The third-order valence-corrected chi connectivity index (χ3v) is 4.45. The largest absolute Gasteiger partial charge is 0.497 e. The zero-order valence-corrected chi connectivity index (χ0v) is 15.3. The smallest absolute Gasteiger partial charge is 0.316 e. The van der Waals surface area contributed by atoms with Crippen LogP contribution in [0.5, 0.6) is 5.75 Å². The van der Waals surface area contributed by atoms with E-state index in [4.69, 9.17) is 4.74 Å². The summed E-state index contributed by atoms with van der Waals surface area (Å²) in [5.74, 6) is 0.523. The van der Waals surface area contributed by atoms with E-state index in [1.807, 2.05) is 24.3 Å². The number of hydrogen-bond acceptors (Lipinski definition) is 4. The summed E-state index contributed by atoms with van der Waals surface area (Å²) >= 11 is 0. The molecule has 0 bridgehead atoms. The lowest BCUT2D eigenvalue weighted by Crippen LogP contribution is -2.41. The molecule has 0 aliphatic heterocycles. The standard InChI is InChI=1S/C20H21N3O4/c1-22-16-8-3-4-9-17(16)23(20(26)19(22)25)11-10-18(24)21-13-14-6-5-7-15(12-14)27-2/h3-9,12H,10-11,13H2,1-2H3,(H,21,24). The van der Waals surface area contributed by atoms with E-state index >= 15 is 0 Å². The van der Waals surface area contributed by atoms with Crippen LogP contribution < -0.4 is 21.2 Å². The maximum atomic E-state index is 12.3. The lowest BCUT2D eigenvalue weighted by atomic mass is 10.2. The van der Waals surface area contributed by atoms with Crippen LogP contribution in [0.1, 0.15) is 12.0 Å². The van der Waals surface area contributed by atoms with Gasteiger partial charge in [0.2, 0.25) is 5.91 Å². The first-order valence-electron chi connectivity index (χ1n) is 8.59. The molecule has 0 aliphatic carbocycles. The second-order valence-electron chi connectivity index (χ2n) is 6.19. The molecule has 0 radical (unpaired) electrons. The third kappa shape index (κ3) is 3.92. The SMILES string of the molecule is COc1cccc(CNC(=O)CCn2c(=O)c(=O)n(C)c3ccccc32)c1. The van der Waals surface area contributed by atoms with Gasteiger partial charge in [0, 0.05) is 26.6 Å². The number of para-hydroxylation sites is 2. The molecule has 140 valence electrons. The van der Waals surface area contributed by atoms with Crippen LogP contribution in [0.15, 0.2) is 58.1 Å². The molecule has 0 saturated heterocycles. The van der Waals surface area contributed by atoms with Gasteiger partial charge >= 0.3 is 11.1 Å². The highest BCUT2D eigenvalue weighted by Crippen LogP contribution is 2.12. The van der Waals surface area contributed by atoms with Crippen molar-refractivity contribution in [1.29, 1.82) is 0 Å². The lowest BCUT2D eigenvalue weighted by Gasteiger charge is -2.12. The third-order valence-electron chi connectivity index (χ3n) is 4.45. The van der Waals surface area contributed by atoms with Crippen molar-refractivity contribution in [3.8, 4) is 5.75 Å². The zero-order chi connectivity index (χ0) is 19.4. The molecule has 0 saturated carbocycles. The number of fused-ring (bicyclic) bond motifs is 1. The number of nitrogens with zero attached hydrogens (tertiary/aromatic N) is 2. The van der Waals surface area contributed by atoms with Gasteiger partial charge < -0.3 is 19.2 Å². The molecule has 3 rings (SSSR count). The number of methoxy groups -OCH3 is 1. The summed E-state index contributed by atoms with van der Waals surface area (Å²) in [5, 5.41) is 2.82. The van der Waals surface area contributed by atoms with Gasteiger partial charge in [-0.1, -0.05) is 24.3 Å². The fraction of sp³-hybridized carbons (Fsp3) is 0.250. The van der Waals surface area contributed by atoms with E-state index in [1.165, 1.54) is 9.13 Å². The molecule has 27 heavy (non-hydrogen) atoms. The van der Waals surface area contributed by atoms with Gasteiger partial charge in [-0.05, 0) is 29.8 Å². The summed E-state index contributed by atoms with van der Waals surface area (Å²) in [7, 11) is 3.15. The average Bonchev–Trinajstić information content (AvgIpc) is 2.70. The first-order chi connectivity index (χ1) is 13.0. The number of hydrogen-bond donors (Lipinski definition) is 1. The Kier molecular flexibility index (Phi) is 5.40. The predicted molar refractivity (Wildman–Crippen MR) is 103 cm³/mol. The summed E-state index contributed by atoms with van der Waals surface area (Å²) in [4.78, 5) is 36.7. The van der Waals surface area contributed by atoms with Gasteiger partial charge in [-0.2, -0.15) is 0 Å². The van der Waals surface area contributed by atoms with Crippen molar-refractivity contribution in [3.05, 3.63) is 74.8 Å². The highest BCUT2D eigenvalue weighted by molar-refractivity contribution is 5.77. The molecule has 1 N–H and O–H groups in total. The van der Waals surface area contributed by atoms with Crippen LogP contribution in [0.3, 0.4) is 0 Å². The fourth-order valence-electron chi connectivity index (χ4n) is 2.96. The normalized spacial score (nSPS) is 10.7. The topological polar surface area (TPSA) is 82.3 Å². The number of benzene rings is 2. The van der Waals surface area contributed by atoms with E-state index in [0.29, 0.717) is 17.6 Å². The fourth-order valence-corrected chi connectivity index (χ4v) is 2.96. The Morgan fingerprint density at radius 2 is 1.78 bits per heavy atom. The summed E-state index contributed by atoms with van der Waals surface area (Å²) in [6, 6.07) is 14.6. The summed E-state index contributed by atoms with van der Waals surface area (Å²) in [6.45, 7) is 0.502. The van der Waals surface area contributed by atoms with Crippen LogP contribution in [0.4, 0.5) is 0 Å². The van der Waals surface area contributed by atoms with Crippen molar-refractivity contribution >= 4 is 16.9 Å². The van der Waals surface area contributed by atoms with Crippen LogP contribution in [0.25, 0.3) is 11.0 Å². The van der Waals surface area contributed by atoms with Crippen molar-refractivity contribution in [3.63, 3.8) is 0 Å². The van der Waals surface area contributed by atoms with Crippen LogP contribution in [-0.4, -0.2) is 22.2 Å². The minimum Gasteiger partial charge on any atom is -0.497 e. The number of nitrogens with one attached hydrogen (secondary N) is 1. The Morgan fingerprint density at radius 3 is 2.52 bits per heavy atom. The minimum atomic E-state index is -0.628. The molecule has 1 heterocycles. The molecule has 0 spiro atoms. The van der Waals surface area contributed by atoms with Gasteiger partial charge in [0.15, 0.2) is 0 Å². The molecule has 7 nitrogen and oxygen atoms in total. The maximum absolute atomic E-state index is 12.3. The highest BCUT2D eigenvalue weighted by Gasteiger charge is 2.12. The number of ether oxygens (including phenoxy) is 1. The Hall–Kier alpha value is -3.35. The van der Waals surface area contributed by atoms with E-state index in [0.717, 1.165) is 11.3 Å². The molecule has 1 aromatic heterocycles. The van der Waals surface area contributed by atoms with Crippen molar-refractivity contribution in [1.82, 2.24) is 14.5 Å². The van der Waals surface area contributed by atoms with Crippen molar-refractivity contribution in [2.45, 2.75) is 19.5 Å². The van der Waals surface area contributed by atoms with Crippen molar-refractivity contribution in [2.75, 3.05) is 7.11 Å². The molecule has 0 fully saturated rings. The van der Waals surface area contributed by atoms with E-state index in [2.05, 4.69) is 5.32 Å². The minimum absolute atomic E-state index is 0.0983. The monoisotopic (exact) mass is 367 g/mol. The van der Waals surface area contributed by atoms with E-state index < -0.39 is 11.1 Å². The van der Waals surface area contributed by atoms with Crippen LogP contribution in [0, 0.1) is 0 Å².